The Labute approximate surface area is 168 Å². The molecule has 0 spiro atoms. The number of amides is 1. The number of aromatic nitrogens is 1. The first-order chi connectivity index (χ1) is 13.7. The molecule has 0 unspecified atom stereocenters. The fraction of sp³-hybridized carbons (Fsp3) is 0.316. The second-order valence-electron chi connectivity index (χ2n) is 6.37. The van der Waals surface area contributed by atoms with Crippen LogP contribution in [0.25, 0.3) is 0 Å². The lowest BCUT2D eigenvalue weighted by molar-refractivity contribution is -0.0328. The van der Waals surface area contributed by atoms with E-state index in [0.29, 0.717) is 18.8 Å². The van der Waals surface area contributed by atoms with Crippen LogP contribution < -0.4 is 0 Å². The Bertz CT molecular complexity index is 903. The number of carbonyl (C=O) groups is 3. The Morgan fingerprint density at radius 3 is 2.34 bits per heavy atom. The third kappa shape index (κ3) is 5.63. The summed E-state index contributed by atoms with van der Waals surface area (Å²) in [5.41, 5.74) is -3.89. The van der Waals surface area contributed by atoms with Gasteiger partial charge in [-0.25, -0.2) is 4.79 Å². The van der Waals surface area contributed by atoms with E-state index in [2.05, 4.69) is 4.98 Å². The topological polar surface area (TPSA) is 79.5 Å². The summed E-state index contributed by atoms with van der Waals surface area (Å²) in [6, 6.07) is 6.12. The largest absolute Gasteiger partial charge is 0.454 e. The van der Waals surface area contributed by atoms with Crippen LogP contribution in [0.5, 0.6) is 0 Å². The van der Waals surface area contributed by atoms with Crippen molar-refractivity contribution in [3.63, 3.8) is 0 Å². The summed E-state index contributed by atoms with van der Waals surface area (Å²) in [4.78, 5) is 40.9. The summed E-state index contributed by atoms with van der Waals surface area (Å²) in [5.74, 6) is -1.51. The molecule has 2 heterocycles. The number of carbonyl (C=O) groups excluding carboxylic acids is 3. The number of nitrogens with zero attached hydrogens (tertiary/aromatic N) is 1. The van der Waals surface area contributed by atoms with Crippen molar-refractivity contribution in [1.82, 2.24) is 9.88 Å². The van der Waals surface area contributed by atoms with Crippen molar-refractivity contribution in [2.24, 2.45) is 0 Å². The summed E-state index contributed by atoms with van der Waals surface area (Å²) in [5, 5.41) is 0. The van der Waals surface area contributed by atoms with Crippen molar-refractivity contribution < 1.29 is 32.3 Å². The molecule has 1 N–H and O–H groups in total. The van der Waals surface area contributed by atoms with Crippen molar-refractivity contribution in [2.75, 3.05) is 19.7 Å². The van der Waals surface area contributed by atoms with Crippen LogP contribution in [-0.4, -0.2) is 52.7 Å². The molecular weight excluding hydrogens is 409 g/mol. The van der Waals surface area contributed by atoms with Crippen LogP contribution in [0, 0.1) is 0 Å². The zero-order valence-corrected chi connectivity index (χ0v) is 15.9. The smallest absolute Gasteiger partial charge is 0.446 e. The van der Waals surface area contributed by atoms with Crippen molar-refractivity contribution in [3.8, 4) is 0 Å². The first-order valence-corrected chi connectivity index (χ1v) is 9.58. The molecule has 3 rings (SSSR count). The monoisotopic (exact) mass is 426 g/mol. The first-order valence-electron chi connectivity index (χ1n) is 8.77. The number of thioether (sulfide) groups is 1. The van der Waals surface area contributed by atoms with Gasteiger partial charge in [-0.2, -0.15) is 13.2 Å². The van der Waals surface area contributed by atoms with Gasteiger partial charge in [-0.3, -0.25) is 9.59 Å². The van der Waals surface area contributed by atoms with Gasteiger partial charge < -0.3 is 14.6 Å². The van der Waals surface area contributed by atoms with Gasteiger partial charge in [0, 0.05) is 29.7 Å². The normalized spacial score (nSPS) is 14.1. The molecule has 0 saturated carbocycles. The zero-order valence-electron chi connectivity index (χ0n) is 15.1. The third-order valence-corrected chi connectivity index (χ3v) is 5.03. The minimum absolute atomic E-state index is 0.0308. The number of esters is 1. The number of hydrogen-bond acceptors (Lipinski definition) is 5. The van der Waals surface area contributed by atoms with Crippen LogP contribution in [0.15, 0.2) is 41.4 Å². The van der Waals surface area contributed by atoms with E-state index < -0.39 is 23.9 Å². The quantitative estimate of drug-likeness (QED) is 0.431. The molecule has 29 heavy (non-hydrogen) atoms. The fourth-order valence-electron chi connectivity index (χ4n) is 2.86. The third-order valence-electron chi connectivity index (χ3n) is 4.29. The van der Waals surface area contributed by atoms with Crippen molar-refractivity contribution in [3.05, 3.63) is 53.3 Å². The van der Waals surface area contributed by atoms with Crippen LogP contribution in [0.3, 0.4) is 0 Å². The van der Waals surface area contributed by atoms with Crippen molar-refractivity contribution in [2.45, 2.75) is 23.2 Å². The number of ether oxygens (including phenoxy) is 1. The number of alkyl halides is 3. The zero-order chi connectivity index (χ0) is 21.0. The number of nitrogens with one attached hydrogen (secondary N) is 1. The van der Waals surface area contributed by atoms with Gasteiger partial charge in [0.1, 0.15) is 5.69 Å². The minimum Gasteiger partial charge on any atom is -0.454 e. The molecular formula is C19H17F3N2O4S. The van der Waals surface area contributed by atoms with Crippen molar-refractivity contribution in [1.29, 1.82) is 0 Å². The van der Waals surface area contributed by atoms with E-state index in [0.717, 1.165) is 25.0 Å². The second kappa shape index (κ2) is 8.73. The van der Waals surface area contributed by atoms with Gasteiger partial charge in [-0.1, -0.05) is 0 Å². The van der Waals surface area contributed by atoms with Gasteiger partial charge in [0.15, 0.2) is 6.61 Å². The number of rotatable bonds is 6. The first kappa shape index (κ1) is 21.0. The van der Waals surface area contributed by atoms with E-state index in [1.807, 2.05) is 0 Å². The molecule has 10 heteroatoms. The standard InChI is InChI=1S/C19H17F3N2O4S/c20-19(21,22)29-14-5-3-12(4-6-14)18(27)28-11-16(25)13-9-15(23-10-13)17(26)24-7-1-2-8-24/h3-6,9-10,23H,1-2,7-8,11H2. The van der Waals surface area contributed by atoms with Crippen LogP contribution in [0.1, 0.15) is 44.0 Å². The van der Waals surface area contributed by atoms with Crippen LogP contribution >= 0.6 is 11.8 Å². The number of benzene rings is 1. The summed E-state index contributed by atoms with van der Waals surface area (Å²) < 4.78 is 41.9. The molecule has 0 bridgehead atoms. The second-order valence-corrected chi connectivity index (χ2v) is 7.51. The highest BCUT2D eigenvalue weighted by atomic mass is 32.2. The van der Waals surface area contributed by atoms with Crippen LogP contribution in [-0.2, 0) is 4.74 Å². The highest BCUT2D eigenvalue weighted by Gasteiger charge is 2.29. The number of likely N-dealkylation sites (tertiary alicyclic amines) is 1. The lowest BCUT2D eigenvalue weighted by atomic mass is 10.2. The number of Topliss-reactive ketones (excluding diaryl/α,β-unsaturated/α-hetero) is 1. The number of H-pyrrole nitrogens is 1. The van der Waals surface area contributed by atoms with Gasteiger partial charge >= 0.3 is 11.5 Å². The molecule has 0 radical (unpaired) electrons. The number of ketones is 1. The predicted octanol–water partition coefficient (Wildman–Crippen LogP) is 3.90. The summed E-state index contributed by atoms with van der Waals surface area (Å²) >= 11 is -0.290. The summed E-state index contributed by atoms with van der Waals surface area (Å²) in [6.07, 6.45) is 3.27. The maximum absolute atomic E-state index is 12.3. The average molecular weight is 426 g/mol. The highest BCUT2D eigenvalue weighted by Crippen LogP contribution is 2.36. The highest BCUT2D eigenvalue weighted by molar-refractivity contribution is 8.00. The lowest BCUT2D eigenvalue weighted by Crippen LogP contribution is -2.27. The Kier molecular flexibility index (Phi) is 6.31. The molecule has 1 fully saturated rings. The van der Waals surface area contributed by atoms with E-state index >= 15 is 0 Å². The molecule has 0 aliphatic carbocycles. The molecule has 1 aliphatic rings. The average Bonchev–Trinajstić information content (AvgIpc) is 3.36. The Morgan fingerprint density at radius 2 is 1.72 bits per heavy atom. The van der Waals surface area contributed by atoms with Gasteiger partial charge in [-0.05, 0) is 54.9 Å². The molecule has 1 aromatic carbocycles. The lowest BCUT2D eigenvalue weighted by Gasteiger charge is -2.13. The van der Waals surface area contributed by atoms with E-state index in [9.17, 15) is 27.6 Å². The Hall–Kier alpha value is -2.75. The van der Waals surface area contributed by atoms with Crippen LogP contribution in [0.2, 0.25) is 0 Å². The van der Waals surface area contributed by atoms with E-state index in [-0.39, 0.29) is 33.7 Å². The number of halogens is 3. The molecule has 1 aromatic heterocycles. The molecule has 6 nitrogen and oxygen atoms in total. The molecule has 2 aromatic rings. The van der Waals surface area contributed by atoms with Gasteiger partial charge in [0.2, 0.25) is 5.78 Å². The number of aromatic amines is 1. The van der Waals surface area contributed by atoms with E-state index in [1.165, 1.54) is 24.4 Å². The SMILES string of the molecule is O=C(COC(=O)c1ccc(SC(F)(F)F)cc1)c1c[nH]c(C(=O)N2CCCC2)c1. The molecule has 1 saturated heterocycles. The number of hydrogen-bond donors (Lipinski definition) is 1. The molecule has 154 valence electrons. The Morgan fingerprint density at radius 1 is 1.07 bits per heavy atom. The van der Waals surface area contributed by atoms with Crippen molar-refractivity contribution >= 4 is 29.4 Å². The fourth-order valence-corrected chi connectivity index (χ4v) is 3.40. The van der Waals surface area contributed by atoms with Crippen LogP contribution in [0.4, 0.5) is 13.2 Å². The predicted molar refractivity (Wildman–Crippen MR) is 98.9 cm³/mol. The molecule has 0 atom stereocenters. The Balaban J connectivity index is 1.53. The van der Waals surface area contributed by atoms with Gasteiger partial charge in [-0.15, -0.1) is 0 Å². The maximum atomic E-state index is 12.3. The molecule has 1 aliphatic heterocycles. The minimum atomic E-state index is -4.42. The van der Waals surface area contributed by atoms with Gasteiger partial charge in [0.25, 0.3) is 5.91 Å². The van der Waals surface area contributed by atoms with Gasteiger partial charge in [0.05, 0.1) is 5.56 Å². The molecule has 1 amide bonds. The summed E-state index contributed by atoms with van der Waals surface area (Å²) in [6.45, 7) is 0.811. The van der Waals surface area contributed by atoms with E-state index in [4.69, 9.17) is 4.74 Å². The van der Waals surface area contributed by atoms with E-state index in [1.54, 1.807) is 4.90 Å². The maximum Gasteiger partial charge on any atom is 0.446 e. The summed E-state index contributed by atoms with van der Waals surface area (Å²) in [7, 11) is 0.